The second-order valence-electron chi connectivity index (χ2n) is 8.32. The molecule has 0 spiro atoms. The van der Waals surface area contributed by atoms with Crippen LogP contribution < -0.4 is 10.8 Å². The number of ketones is 1. The van der Waals surface area contributed by atoms with E-state index < -0.39 is 0 Å². The van der Waals surface area contributed by atoms with Gasteiger partial charge in [0, 0.05) is 17.5 Å². The molecule has 1 aliphatic rings. The highest BCUT2D eigenvalue weighted by molar-refractivity contribution is 7.18. The molecule has 0 bridgehead atoms. The third kappa shape index (κ3) is 13.7. The minimum atomic E-state index is -0.352. The monoisotopic (exact) mass is 526 g/mol. The average molecular weight is 527 g/mol. The number of halogens is 1. The molecule has 36 heavy (non-hydrogen) atoms. The highest BCUT2D eigenvalue weighted by Gasteiger charge is 2.26. The van der Waals surface area contributed by atoms with Gasteiger partial charge in [-0.3, -0.25) is 14.4 Å². The summed E-state index contributed by atoms with van der Waals surface area (Å²) < 4.78 is 15.9. The second-order valence-corrected chi connectivity index (χ2v) is 9.34. The number of amides is 1. The highest BCUT2D eigenvalue weighted by atomic mass is 32.1. The van der Waals surface area contributed by atoms with Crippen LogP contribution in [0.2, 0.25) is 0 Å². The van der Waals surface area contributed by atoms with Crippen molar-refractivity contribution in [2.24, 2.45) is 11.8 Å². The first kappa shape index (κ1) is 35.9. The van der Waals surface area contributed by atoms with Gasteiger partial charge < -0.3 is 10.1 Å². The molecule has 0 unspecified atom stereocenters. The van der Waals surface area contributed by atoms with Gasteiger partial charge in [-0.1, -0.05) is 59.8 Å². The number of hydrogen-bond donors (Lipinski definition) is 2. The minimum absolute atomic E-state index is 0.0306. The average Bonchev–Trinajstić information content (AvgIpc) is 3.11. The maximum atomic E-state index is 12.8. The third-order valence-electron chi connectivity index (χ3n) is 4.29. The molecule has 2 rings (SSSR count). The molecular weight excluding hydrogens is 479 g/mol. The molecule has 0 aromatic carbocycles. The summed E-state index contributed by atoms with van der Waals surface area (Å²) >= 11 is 1.31. The van der Waals surface area contributed by atoms with Crippen LogP contribution in [0.5, 0.6) is 0 Å². The van der Waals surface area contributed by atoms with Crippen molar-refractivity contribution in [1.29, 1.82) is 0 Å². The largest absolute Gasteiger partial charge is 0.381 e. The number of allylic oxidation sites excluding steroid dienone is 5. The predicted octanol–water partition coefficient (Wildman–Crippen LogP) is 8.03. The minimum Gasteiger partial charge on any atom is -0.381 e. The van der Waals surface area contributed by atoms with E-state index in [4.69, 9.17) is 9.57 Å². The molecule has 1 aromatic rings. The van der Waals surface area contributed by atoms with Gasteiger partial charge in [0.1, 0.15) is 5.00 Å². The summed E-state index contributed by atoms with van der Waals surface area (Å²) in [4.78, 5) is 31.3. The molecule has 1 fully saturated rings. The van der Waals surface area contributed by atoms with Crippen LogP contribution >= 0.6 is 11.3 Å². The number of ether oxygens (including phenoxy) is 1. The Morgan fingerprint density at radius 3 is 2.08 bits per heavy atom. The lowest BCUT2D eigenvalue weighted by molar-refractivity contribution is -0.0864. The number of thiophene rings is 1. The van der Waals surface area contributed by atoms with Gasteiger partial charge in [-0.05, 0) is 46.3 Å². The fourth-order valence-corrected chi connectivity index (χ4v) is 3.90. The number of nitrogens with one attached hydrogen (secondary N) is 2. The second kappa shape index (κ2) is 19.8. The SMILES string of the molecule is C=C(C)F.CC.CC.CC(C)=C/C=C(\C)Nc1sc(C(=O)C(C)C)c(C)c1C(=O)NOCC1COC1. The van der Waals surface area contributed by atoms with E-state index in [-0.39, 0.29) is 23.4 Å². The smallest absolute Gasteiger partial charge is 0.278 e. The maximum Gasteiger partial charge on any atom is 0.278 e. The summed E-state index contributed by atoms with van der Waals surface area (Å²) in [7, 11) is 0. The van der Waals surface area contributed by atoms with Gasteiger partial charge in [-0.25, -0.2) is 9.87 Å². The molecule has 1 saturated heterocycles. The summed E-state index contributed by atoms with van der Waals surface area (Å²) in [5.41, 5.74) is 5.69. The Balaban J connectivity index is 0. The summed E-state index contributed by atoms with van der Waals surface area (Å²) in [6.45, 7) is 25.4. The van der Waals surface area contributed by atoms with Crippen LogP contribution in [0.1, 0.15) is 94.8 Å². The van der Waals surface area contributed by atoms with Crippen LogP contribution in [0.15, 0.2) is 35.8 Å². The number of hydrogen-bond acceptors (Lipinski definition) is 6. The fourth-order valence-electron chi connectivity index (χ4n) is 2.54. The number of carbonyl (C=O) groups is 2. The quantitative estimate of drug-likeness (QED) is 0.193. The number of rotatable bonds is 9. The van der Waals surface area contributed by atoms with Crippen LogP contribution in [0.3, 0.4) is 0 Å². The van der Waals surface area contributed by atoms with Gasteiger partial charge in [-0.15, -0.1) is 11.3 Å². The van der Waals surface area contributed by atoms with Crippen molar-refractivity contribution in [3.8, 4) is 0 Å². The molecule has 1 amide bonds. The molecule has 0 radical (unpaired) electrons. The van der Waals surface area contributed by atoms with Crippen molar-refractivity contribution in [3.63, 3.8) is 0 Å². The van der Waals surface area contributed by atoms with Crippen molar-refractivity contribution < 1.29 is 23.6 Å². The molecule has 6 nitrogen and oxygen atoms in total. The molecule has 206 valence electrons. The lowest BCUT2D eigenvalue weighted by atomic mass is 10.0. The third-order valence-corrected chi connectivity index (χ3v) is 5.51. The maximum absolute atomic E-state index is 12.8. The highest BCUT2D eigenvalue weighted by Crippen LogP contribution is 2.35. The van der Waals surface area contributed by atoms with E-state index >= 15 is 0 Å². The lowest BCUT2D eigenvalue weighted by Crippen LogP contribution is -2.35. The van der Waals surface area contributed by atoms with E-state index in [0.29, 0.717) is 46.7 Å². The first-order valence-electron chi connectivity index (χ1n) is 12.5. The van der Waals surface area contributed by atoms with Crippen LogP contribution in [-0.4, -0.2) is 31.5 Å². The molecule has 0 saturated carbocycles. The molecule has 1 aliphatic heterocycles. The zero-order chi connectivity index (χ0) is 28.4. The molecule has 0 aliphatic carbocycles. The van der Waals surface area contributed by atoms with Crippen molar-refractivity contribution in [2.75, 3.05) is 25.1 Å². The van der Waals surface area contributed by atoms with Crippen LogP contribution in [0, 0.1) is 18.8 Å². The van der Waals surface area contributed by atoms with Gasteiger partial charge >= 0.3 is 0 Å². The summed E-state index contributed by atoms with van der Waals surface area (Å²) in [5.74, 6) is -0.482. The molecule has 1 aromatic heterocycles. The molecule has 2 N–H and O–H groups in total. The Bertz CT molecular complexity index is 876. The van der Waals surface area contributed by atoms with Gasteiger partial charge in [0.15, 0.2) is 5.78 Å². The standard InChI is InChI=1S/C21H30N2O4S.C3H5F.2C2H6/c1-12(2)7-8-14(5)22-21-17(15(6)19(28-21)18(24)13(3)4)20(25)23-27-11-16-9-26-10-16;1-3(2)4;2*1-2/h7-8,13,16,22H,9-11H2,1-6H3,(H,23,25);1H2,2H3;2*1-2H3/b14-8+;;;. The van der Waals surface area contributed by atoms with E-state index in [1.807, 2.05) is 74.5 Å². The zero-order valence-corrected chi connectivity index (χ0v) is 24.9. The normalized spacial score (nSPS) is 12.4. The van der Waals surface area contributed by atoms with E-state index in [0.717, 1.165) is 5.70 Å². The van der Waals surface area contributed by atoms with Crippen LogP contribution in [-0.2, 0) is 9.57 Å². The topological polar surface area (TPSA) is 76.7 Å². The Labute approximate surface area is 222 Å². The van der Waals surface area contributed by atoms with Gasteiger partial charge in [0.2, 0.25) is 0 Å². The van der Waals surface area contributed by atoms with Crippen molar-refractivity contribution in [3.05, 3.63) is 51.8 Å². The Morgan fingerprint density at radius 2 is 1.67 bits per heavy atom. The van der Waals surface area contributed by atoms with Crippen molar-refractivity contribution >= 4 is 28.0 Å². The van der Waals surface area contributed by atoms with E-state index in [1.165, 1.54) is 23.8 Å². The Kier molecular flexibility index (Phi) is 19.8. The summed E-state index contributed by atoms with van der Waals surface area (Å²) in [5, 5.41) is 3.91. The summed E-state index contributed by atoms with van der Waals surface area (Å²) in [6.07, 6.45) is 3.94. The Hall–Kier alpha value is -2.29. The number of hydroxylamine groups is 1. The van der Waals surface area contributed by atoms with Crippen molar-refractivity contribution in [2.45, 2.75) is 76.2 Å². The van der Waals surface area contributed by atoms with Gasteiger partial charge in [0.25, 0.3) is 5.91 Å². The van der Waals surface area contributed by atoms with Crippen LogP contribution in [0.4, 0.5) is 9.39 Å². The molecule has 0 atom stereocenters. The summed E-state index contributed by atoms with van der Waals surface area (Å²) in [6, 6.07) is 0. The van der Waals surface area contributed by atoms with Crippen LogP contribution in [0.25, 0.3) is 0 Å². The zero-order valence-electron chi connectivity index (χ0n) is 24.1. The molecular formula is C28H47FN2O4S. The molecule has 2 heterocycles. The van der Waals surface area contributed by atoms with E-state index in [2.05, 4.69) is 17.4 Å². The fraction of sp³-hybridized carbons (Fsp3) is 0.571. The van der Waals surface area contributed by atoms with E-state index in [1.54, 1.807) is 6.92 Å². The first-order chi connectivity index (χ1) is 16.9. The Morgan fingerprint density at radius 1 is 1.14 bits per heavy atom. The lowest BCUT2D eigenvalue weighted by Gasteiger charge is -2.25. The van der Waals surface area contributed by atoms with E-state index in [9.17, 15) is 14.0 Å². The first-order valence-corrected chi connectivity index (χ1v) is 13.3. The number of carbonyl (C=O) groups excluding carboxylic acids is 2. The van der Waals surface area contributed by atoms with Crippen molar-refractivity contribution in [1.82, 2.24) is 5.48 Å². The van der Waals surface area contributed by atoms with Gasteiger partial charge in [0.05, 0.1) is 36.1 Å². The number of Topliss-reactive ketones (excluding diaryl/α,β-unsaturated/α-hetero) is 1. The van der Waals surface area contributed by atoms with Gasteiger partial charge in [-0.2, -0.15) is 0 Å². The predicted molar refractivity (Wildman–Crippen MR) is 151 cm³/mol. The number of anilines is 1. The molecule has 8 heteroatoms.